The van der Waals surface area contributed by atoms with Crippen molar-refractivity contribution in [1.82, 2.24) is 10.2 Å². The third-order valence-corrected chi connectivity index (χ3v) is 5.68. The number of amides is 1. The number of piperidine rings is 1. The second kappa shape index (κ2) is 11.0. The smallest absolute Gasteiger partial charge is 0.220 e. The molecule has 2 aliphatic rings. The van der Waals surface area contributed by atoms with E-state index in [2.05, 4.69) is 10.2 Å². The minimum atomic E-state index is 0.182. The summed E-state index contributed by atoms with van der Waals surface area (Å²) in [6.45, 7) is 5.00. The summed E-state index contributed by atoms with van der Waals surface area (Å²) in [5, 5.41) is 2.91. The lowest BCUT2D eigenvalue weighted by Crippen LogP contribution is -2.35. The van der Waals surface area contributed by atoms with E-state index >= 15 is 0 Å². The fourth-order valence-corrected chi connectivity index (χ4v) is 4.12. The Morgan fingerprint density at radius 1 is 1.09 bits per heavy atom. The lowest BCUT2D eigenvalue weighted by atomic mass is 9.91. The number of methoxy groups -OCH3 is 1. The van der Waals surface area contributed by atoms with Crippen LogP contribution in [0.2, 0.25) is 0 Å². The predicted molar refractivity (Wildman–Crippen MR) is 94.5 cm³/mol. The number of nitrogens with zero attached hydrogens (tertiary/aromatic N) is 1. The van der Waals surface area contributed by atoms with E-state index in [-0.39, 0.29) is 5.91 Å². The Hall–Kier alpha value is -0.610. The molecule has 1 heterocycles. The Bertz CT molecular complexity index is 321. The van der Waals surface area contributed by atoms with Crippen LogP contribution in [0.1, 0.15) is 64.2 Å². The van der Waals surface area contributed by atoms with Gasteiger partial charge in [-0.1, -0.05) is 25.7 Å². The van der Waals surface area contributed by atoms with Gasteiger partial charge in [-0.3, -0.25) is 4.79 Å². The van der Waals surface area contributed by atoms with Crippen LogP contribution in [0.25, 0.3) is 0 Å². The van der Waals surface area contributed by atoms with Gasteiger partial charge in [0.2, 0.25) is 5.91 Å². The molecule has 1 aliphatic heterocycles. The molecule has 0 aromatic rings. The maximum atomic E-state index is 11.7. The van der Waals surface area contributed by atoms with Crippen LogP contribution in [0.15, 0.2) is 0 Å². The number of nitrogens with one attached hydrogen (secondary N) is 1. The van der Waals surface area contributed by atoms with E-state index in [1.54, 1.807) is 7.11 Å². The number of hydrogen-bond donors (Lipinski definition) is 1. The topological polar surface area (TPSA) is 41.6 Å². The Balaban J connectivity index is 1.47. The summed E-state index contributed by atoms with van der Waals surface area (Å²) in [6, 6.07) is 0. The van der Waals surface area contributed by atoms with E-state index in [1.165, 1.54) is 71.0 Å². The van der Waals surface area contributed by atoms with Gasteiger partial charge in [-0.05, 0) is 63.6 Å². The van der Waals surface area contributed by atoms with Crippen LogP contribution in [0, 0.1) is 11.8 Å². The molecular weight excluding hydrogens is 288 g/mol. The second-order valence-electron chi connectivity index (χ2n) is 7.46. The first-order valence-corrected chi connectivity index (χ1v) is 9.76. The molecule has 1 saturated carbocycles. The lowest BCUT2D eigenvalue weighted by Gasteiger charge is -2.32. The van der Waals surface area contributed by atoms with Crippen molar-refractivity contribution in [3.8, 4) is 0 Å². The minimum absolute atomic E-state index is 0.182. The predicted octanol–water partition coefficient (Wildman–Crippen LogP) is 3.21. The Kier molecular flexibility index (Phi) is 8.98. The highest BCUT2D eigenvalue weighted by Crippen LogP contribution is 2.29. The number of rotatable bonds is 10. The molecule has 23 heavy (non-hydrogen) atoms. The van der Waals surface area contributed by atoms with Gasteiger partial charge in [-0.15, -0.1) is 0 Å². The van der Waals surface area contributed by atoms with Crippen molar-refractivity contribution in [3.63, 3.8) is 0 Å². The van der Waals surface area contributed by atoms with Gasteiger partial charge in [0.15, 0.2) is 0 Å². The number of hydrogen-bond acceptors (Lipinski definition) is 3. The highest BCUT2D eigenvalue weighted by molar-refractivity contribution is 5.75. The van der Waals surface area contributed by atoms with Gasteiger partial charge in [-0.2, -0.15) is 0 Å². The van der Waals surface area contributed by atoms with E-state index in [4.69, 9.17) is 4.74 Å². The highest BCUT2D eigenvalue weighted by Gasteiger charge is 2.20. The summed E-state index contributed by atoms with van der Waals surface area (Å²) in [5.74, 6) is 1.96. The first kappa shape index (κ1) is 18.7. The normalized spacial score (nSPS) is 20.9. The van der Waals surface area contributed by atoms with Gasteiger partial charge in [0.25, 0.3) is 0 Å². The summed E-state index contributed by atoms with van der Waals surface area (Å²) >= 11 is 0. The zero-order chi connectivity index (χ0) is 16.3. The Labute approximate surface area is 142 Å². The molecule has 0 radical (unpaired) electrons. The van der Waals surface area contributed by atoms with Gasteiger partial charge < -0.3 is 15.0 Å². The van der Waals surface area contributed by atoms with Crippen LogP contribution in [-0.4, -0.2) is 50.7 Å². The average Bonchev–Trinajstić information content (AvgIpc) is 3.08. The summed E-state index contributed by atoms with van der Waals surface area (Å²) in [4.78, 5) is 14.4. The summed E-state index contributed by atoms with van der Waals surface area (Å²) in [5.41, 5.74) is 0. The molecule has 2 rings (SSSR count). The molecule has 4 nitrogen and oxygen atoms in total. The minimum Gasteiger partial charge on any atom is -0.383 e. The molecule has 4 heteroatoms. The van der Waals surface area contributed by atoms with Crippen molar-refractivity contribution < 1.29 is 9.53 Å². The fraction of sp³-hybridized carbons (Fsp3) is 0.947. The van der Waals surface area contributed by atoms with Crippen molar-refractivity contribution >= 4 is 5.91 Å². The SMILES string of the molecule is COCCNC(=O)CCC1CCN(CCCC2CCCC2)CC1. The fourth-order valence-electron chi connectivity index (χ4n) is 4.12. The van der Waals surface area contributed by atoms with Crippen LogP contribution in [0.3, 0.4) is 0 Å². The number of carbonyl (C=O) groups is 1. The highest BCUT2D eigenvalue weighted by atomic mass is 16.5. The summed E-state index contributed by atoms with van der Waals surface area (Å²) < 4.78 is 4.94. The summed E-state index contributed by atoms with van der Waals surface area (Å²) in [7, 11) is 1.66. The maximum Gasteiger partial charge on any atom is 0.220 e. The zero-order valence-corrected chi connectivity index (χ0v) is 15.0. The molecule has 0 bridgehead atoms. The number of carbonyl (C=O) groups excluding carboxylic acids is 1. The van der Waals surface area contributed by atoms with Gasteiger partial charge in [0.1, 0.15) is 0 Å². The van der Waals surface area contributed by atoms with Crippen molar-refractivity contribution in [2.45, 2.75) is 64.2 Å². The van der Waals surface area contributed by atoms with Crippen LogP contribution < -0.4 is 5.32 Å². The molecule has 1 aliphatic carbocycles. The Morgan fingerprint density at radius 2 is 1.78 bits per heavy atom. The molecule has 1 saturated heterocycles. The summed E-state index contributed by atoms with van der Waals surface area (Å²) in [6.07, 6.45) is 13.0. The average molecular weight is 325 g/mol. The van der Waals surface area contributed by atoms with Crippen molar-refractivity contribution in [2.75, 3.05) is 39.9 Å². The lowest BCUT2D eigenvalue weighted by molar-refractivity contribution is -0.121. The van der Waals surface area contributed by atoms with E-state index in [0.29, 0.717) is 19.6 Å². The Morgan fingerprint density at radius 3 is 2.48 bits per heavy atom. The van der Waals surface area contributed by atoms with Crippen LogP contribution in [-0.2, 0) is 9.53 Å². The molecule has 0 aromatic carbocycles. The van der Waals surface area contributed by atoms with Gasteiger partial charge in [0, 0.05) is 20.1 Å². The van der Waals surface area contributed by atoms with Crippen molar-refractivity contribution in [2.24, 2.45) is 11.8 Å². The first-order chi connectivity index (χ1) is 11.3. The largest absolute Gasteiger partial charge is 0.383 e. The van der Waals surface area contributed by atoms with Crippen molar-refractivity contribution in [3.05, 3.63) is 0 Å². The van der Waals surface area contributed by atoms with Gasteiger partial charge >= 0.3 is 0 Å². The zero-order valence-electron chi connectivity index (χ0n) is 15.0. The molecule has 1 amide bonds. The van der Waals surface area contributed by atoms with Gasteiger partial charge in [0.05, 0.1) is 6.61 Å². The molecule has 2 fully saturated rings. The van der Waals surface area contributed by atoms with E-state index < -0.39 is 0 Å². The maximum absolute atomic E-state index is 11.7. The third kappa shape index (κ3) is 7.67. The molecule has 0 aromatic heterocycles. The molecular formula is C19H36N2O2. The quantitative estimate of drug-likeness (QED) is 0.627. The monoisotopic (exact) mass is 324 g/mol. The molecule has 0 unspecified atom stereocenters. The second-order valence-corrected chi connectivity index (χ2v) is 7.46. The molecule has 0 atom stereocenters. The van der Waals surface area contributed by atoms with E-state index in [0.717, 1.165) is 18.3 Å². The van der Waals surface area contributed by atoms with Crippen LogP contribution in [0.4, 0.5) is 0 Å². The van der Waals surface area contributed by atoms with E-state index in [1.807, 2.05) is 0 Å². The van der Waals surface area contributed by atoms with Gasteiger partial charge in [-0.25, -0.2) is 0 Å². The third-order valence-electron chi connectivity index (χ3n) is 5.68. The standard InChI is InChI=1S/C19H36N2O2/c1-23-16-12-20-19(22)9-8-18-10-14-21(15-11-18)13-4-7-17-5-2-3-6-17/h17-18H,2-16H2,1H3,(H,20,22). The van der Waals surface area contributed by atoms with E-state index in [9.17, 15) is 4.79 Å². The number of likely N-dealkylation sites (tertiary alicyclic amines) is 1. The van der Waals surface area contributed by atoms with Crippen LogP contribution in [0.5, 0.6) is 0 Å². The van der Waals surface area contributed by atoms with Crippen molar-refractivity contribution in [1.29, 1.82) is 0 Å². The van der Waals surface area contributed by atoms with Crippen LogP contribution >= 0.6 is 0 Å². The molecule has 134 valence electrons. The number of ether oxygens (including phenoxy) is 1. The molecule has 1 N–H and O–H groups in total. The molecule has 0 spiro atoms. The first-order valence-electron chi connectivity index (χ1n) is 9.76.